The third-order valence-corrected chi connectivity index (χ3v) is 9.73. The SMILES string of the molecule is COc1ccc(Cc2csc(N3CCC(S(=O)(=O)c4ccc(Cl)c(Cl)c4)CC3)n2)c(OC)c1. The number of anilines is 1. The summed E-state index contributed by atoms with van der Waals surface area (Å²) in [6.07, 6.45) is 1.71. The van der Waals surface area contributed by atoms with Gasteiger partial charge >= 0.3 is 0 Å². The van der Waals surface area contributed by atoms with Crippen molar-refractivity contribution >= 4 is 49.5 Å². The van der Waals surface area contributed by atoms with Crippen LogP contribution in [0.5, 0.6) is 11.5 Å². The van der Waals surface area contributed by atoms with Crippen LogP contribution in [0.4, 0.5) is 5.13 Å². The molecule has 0 N–H and O–H groups in total. The van der Waals surface area contributed by atoms with Crippen molar-refractivity contribution in [1.29, 1.82) is 0 Å². The average molecular weight is 527 g/mol. The van der Waals surface area contributed by atoms with Gasteiger partial charge in [-0.05, 0) is 37.1 Å². The van der Waals surface area contributed by atoms with Crippen molar-refractivity contribution in [3.05, 3.63) is 63.1 Å². The standard InChI is InChI=1S/C23H24Cl2N2O4S2/c1-30-17-4-3-15(22(12-17)31-2)11-16-14-32-23(26-16)27-9-7-18(8-10-27)33(28,29)19-5-6-20(24)21(25)13-19/h3-6,12-14,18H,7-11H2,1-2H3. The summed E-state index contributed by atoms with van der Waals surface area (Å²) < 4.78 is 36.9. The molecule has 1 aromatic heterocycles. The molecule has 2 aromatic carbocycles. The molecule has 2 heterocycles. The van der Waals surface area contributed by atoms with Crippen LogP contribution in [0.2, 0.25) is 10.0 Å². The largest absolute Gasteiger partial charge is 0.497 e. The van der Waals surface area contributed by atoms with Crippen LogP contribution in [-0.4, -0.2) is 46.0 Å². The van der Waals surface area contributed by atoms with Crippen LogP contribution < -0.4 is 14.4 Å². The zero-order valence-electron chi connectivity index (χ0n) is 18.3. The minimum Gasteiger partial charge on any atom is -0.497 e. The maximum Gasteiger partial charge on any atom is 0.185 e. The monoisotopic (exact) mass is 526 g/mol. The predicted molar refractivity (Wildman–Crippen MR) is 133 cm³/mol. The highest BCUT2D eigenvalue weighted by atomic mass is 35.5. The van der Waals surface area contributed by atoms with Gasteiger partial charge in [0.05, 0.1) is 40.1 Å². The molecule has 4 rings (SSSR count). The van der Waals surface area contributed by atoms with E-state index in [1.165, 1.54) is 18.2 Å². The Morgan fingerprint density at radius 2 is 1.82 bits per heavy atom. The van der Waals surface area contributed by atoms with Crippen LogP contribution in [-0.2, 0) is 16.3 Å². The predicted octanol–water partition coefficient (Wildman–Crippen LogP) is 5.50. The van der Waals surface area contributed by atoms with Gasteiger partial charge < -0.3 is 14.4 Å². The van der Waals surface area contributed by atoms with Crippen LogP contribution >= 0.6 is 34.5 Å². The van der Waals surface area contributed by atoms with E-state index in [0.29, 0.717) is 37.4 Å². The molecule has 1 aliphatic rings. The molecule has 10 heteroatoms. The number of benzene rings is 2. The van der Waals surface area contributed by atoms with Gasteiger partial charge in [0.15, 0.2) is 15.0 Å². The molecule has 0 saturated carbocycles. The summed E-state index contributed by atoms with van der Waals surface area (Å²) in [5.41, 5.74) is 1.98. The lowest BCUT2D eigenvalue weighted by atomic mass is 10.1. The third-order valence-electron chi connectivity index (χ3n) is 5.78. The quantitative estimate of drug-likeness (QED) is 0.404. The highest BCUT2D eigenvalue weighted by Gasteiger charge is 2.32. The van der Waals surface area contributed by atoms with E-state index in [1.54, 1.807) is 25.6 Å². The van der Waals surface area contributed by atoms with Crippen molar-refractivity contribution in [2.75, 3.05) is 32.2 Å². The summed E-state index contributed by atoms with van der Waals surface area (Å²) in [6.45, 7) is 1.26. The second-order valence-electron chi connectivity index (χ2n) is 7.78. The van der Waals surface area contributed by atoms with Crippen LogP contribution in [0.1, 0.15) is 24.1 Å². The van der Waals surface area contributed by atoms with Gasteiger partial charge in [-0.3, -0.25) is 0 Å². The lowest BCUT2D eigenvalue weighted by Gasteiger charge is -2.31. The maximum atomic E-state index is 13.1. The highest BCUT2D eigenvalue weighted by molar-refractivity contribution is 7.92. The first-order valence-corrected chi connectivity index (χ1v) is 13.6. The molecule has 3 aromatic rings. The van der Waals surface area contributed by atoms with Crippen molar-refractivity contribution in [1.82, 2.24) is 4.98 Å². The number of aromatic nitrogens is 1. The molecule has 33 heavy (non-hydrogen) atoms. The van der Waals surface area contributed by atoms with E-state index in [2.05, 4.69) is 4.90 Å². The second kappa shape index (κ2) is 10.1. The van der Waals surface area contributed by atoms with Gasteiger partial charge in [-0.15, -0.1) is 11.3 Å². The minimum atomic E-state index is -3.47. The van der Waals surface area contributed by atoms with Gasteiger partial charge in [0.1, 0.15) is 11.5 Å². The van der Waals surface area contributed by atoms with Crippen LogP contribution in [0.25, 0.3) is 0 Å². The van der Waals surface area contributed by atoms with Gasteiger partial charge in [-0.1, -0.05) is 29.3 Å². The molecular weight excluding hydrogens is 503 g/mol. The second-order valence-corrected chi connectivity index (χ2v) is 11.7. The van der Waals surface area contributed by atoms with E-state index in [1.807, 2.05) is 23.6 Å². The summed E-state index contributed by atoms with van der Waals surface area (Å²) in [5, 5.41) is 3.09. The number of ether oxygens (including phenoxy) is 2. The molecule has 0 unspecified atom stereocenters. The van der Waals surface area contributed by atoms with Crippen molar-refractivity contribution in [2.24, 2.45) is 0 Å². The first-order valence-electron chi connectivity index (χ1n) is 10.4. The molecule has 1 aliphatic heterocycles. The first-order chi connectivity index (χ1) is 15.8. The van der Waals surface area contributed by atoms with Crippen LogP contribution in [0, 0.1) is 0 Å². The topological polar surface area (TPSA) is 68.7 Å². The molecule has 0 bridgehead atoms. The van der Waals surface area contributed by atoms with E-state index in [0.717, 1.165) is 27.9 Å². The van der Waals surface area contributed by atoms with Gasteiger partial charge in [0.2, 0.25) is 0 Å². The smallest absolute Gasteiger partial charge is 0.185 e. The van der Waals surface area contributed by atoms with Gasteiger partial charge in [-0.2, -0.15) is 0 Å². The Labute approximate surface area is 208 Å². The lowest BCUT2D eigenvalue weighted by molar-refractivity contribution is 0.391. The molecule has 0 aliphatic carbocycles. The molecule has 0 spiro atoms. The molecular formula is C23H24Cl2N2O4S2. The van der Waals surface area contributed by atoms with Crippen molar-refractivity contribution in [3.8, 4) is 11.5 Å². The Kier molecular flexibility index (Phi) is 7.38. The fraction of sp³-hybridized carbons (Fsp3) is 0.348. The van der Waals surface area contributed by atoms with Gasteiger partial charge in [0, 0.05) is 36.5 Å². The van der Waals surface area contributed by atoms with Gasteiger partial charge in [0.25, 0.3) is 0 Å². The Bertz CT molecular complexity index is 1240. The Morgan fingerprint density at radius 3 is 2.48 bits per heavy atom. The number of hydrogen-bond acceptors (Lipinski definition) is 7. The number of methoxy groups -OCH3 is 2. The minimum absolute atomic E-state index is 0.223. The summed E-state index contributed by atoms with van der Waals surface area (Å²) >= 11 is 13.5. The number of thiazole rings is 1. The molecule has 0 atom stereocenters. The van der Waals surface area contributed by atoms with E-state index in [4.69, 9.17) is 37.7 Å². The van der Waals surface area contributed by atoms with Crippen molar-refractivity contribution < 1.29 is 17.9 Å². The molecule has 6 nitrogen and oxygen atoms in total. The zero-order valence-corrected chi connectivity index (χ0v) is 21.4. The molecule has 176 valence electrons. The number of hydrogen-bond donors (Lipinski definition) is 0. The summed E-state index contributed by atoms with van der Waals surface area (Å²) in [5.74, 6) is 1.51. The van der Waals surface area contributed by atoms with Crippen molar-refractivity contribution in [3.63, 3.8) is 0 Å². The summed E-state index contributed by atoms with van der Waals surface area (Å²) in [7, 11) is -0.202. The third kappa shape index (κ3) is 5.24. The maximum absolute atomic E-state index is 13.1. The van der Waals surface area contributed by atoms with E-state index >= 15 is 0 Å². The Balaban J connectivity index is 1.41. The number of halogens is 2. The number of nitrogens with zero attached hydrogens (tertiary/aromatic N) is 2. The summed E-state index contributed by atoms with van der Waals surface area (Å²) in [6, 6.07) is 10.2. The zero-order chi connectivity index (χ0) is 23.6. The van der Waals surface area contributed by atoms with Crippen molar-refractivity contribution in [2.45, 2.75) is 29.4 Å². The van der Waals surface area contributed by atoms with Gasteiger partial charge in [-0.25, -0.2) is 13.4 Å². The normalized spacial score (nSPS) is 15.0. The summed E-state index contributed by atoms with van der Waals surface area (Å²) in [4.78, 5) is 7.17. The molecule has 0 amide bonds. The first kappa shape index (κ1) is 24.1. The number of rotatable bonds is 7. The fourth-order valence-electron chi connectivity index (χ4n) is 3.92. The number of sulfone groups is 1. The van der Waals surface area contributed by atoms with E-state index in [-0.39, 0.29) is 9.92 Å². The number of piperidine rings is 1. The molecule has 1 fully saturated rings. The Hall–Kier alpha value is -2.00. The highest BCUT2D eigenvalue weighted by Crippen LogP contribution is 2.33. The molecule has 1 saturated heterocycles. The average Bonchev–Trinajstić information content (AvgIpc) is 3.29. The van der Waals surface area contributed by atoms with Crippen LogP contribution in [0.15, 0.2) is 46.7 Å². The van der Waals surface area contributed by atoms with E-state index in [9.17, 15) is 8.42 Å². The fourth-order valence-corrected chi connectivity index (χ4v) is 6.92. The van der Waals surface area contributed by atoms with Crippen LogP contribution in [0.3, 0.4) is 0 Å². The lowest BCUT2D eigenvalue weighted by Crippen LogP contribution is -2.39. The van der Waals surface area contributed by atoms with E-state index < -0.39 is 15.1 Å². The molecule has 0 radical (unpaired) electrons. The Morgan fingerprint density at radius 1 is 1.06 bits per heavy atom.